The predicted octanol–water partition coefficient (Wildman–Crippen LogP) is 2.11. The largest absolute Gasteiger partial charge is 0.354 e. The zero-order valence-electron chi connectivity index (χ0n) is 11.4. The van der Waals surface area contributed by atoms with Gasteiger partial charge in [-0.05, 0) is 19.1 Å². The summed E-state index contributed by atoms with van der Waals surface area (Å²) in [7, 11) is 3.80. The molecule has 0 amide bonds. The molecule has 0 fully saturated rings. The lowest BCUT2D eigenvalue weighted by Gasteiger charge is -2.13. The van der Waals surface area contributed by atoms with Gasteiger partial charge in [-0.3, -0.25) is 0 Å². The number of benzene rings is 1. The fourth-order valence-corrected chi connectivity index (χ4v) is 1.51. The van der Waals surface area contributed by atoms with Crippen LogP contribution < -0.4 is 15.5 Å². The van der Waals surface area contributed by atoms with Crippen molar-refractivity contribution in [3.63, 3.8) is 0 Å². The van der Waals surface area contributed by atoms with Crippen LogP contribution in [0.5, 0.6) is 0 Å². The topological polar surface area (TPSA) is 66.0 Å². The van der Waals surface area contributed by atoms with Crippen molar-refractivity contribution in [1.82, 2.24) is 15.0 Å². The molecule has 0 radical (unpaired) electrons. The Balaban J connectivity index is 2.28. The van der Waals surface area contributed by atoms with Gasteiger partial charge >= 0.3 is 0 Å². The maximum absolute atomic E-state index is 4.36. The van der Waals surface area contributed by atoms with Gasteiger partial charge in [-0.1, -0.05) is 18.2 Å². The minimum Gasteiger partial charge on any atom is -0.354 e. The minimum absolute atomic E-state index is 0.529. The van der Waals surface area contributed by atoms with Crippen molar-refractivity contribution >= 4 is 23.5 Å². The third-order valence-electron chi connectivity index (χ3n) is 2.39. The van der Waals surface area contributed by atoms with E-state index in [-0.39, 0.29) is 0 Å². The number of anilines is 4. The Morgan fingerprint density at radius 2 is 1.68 bits per heavy atom. The van der Waals surface area contributed by atoms with Crippen LogP contribution in [0, 0.1) is 0 Å². The van der Waals surface area contributed by atoms with Crippen LogP contribution in [-0.2, 0) is 0 Å². The summed E-state index contributed by atoms with van der Waals surface area (Å²) < 4.78 is 0. The molecule has 1 heterocycles. The van der Waals surface area contributed by atoms with Crippen molar-refractivity contribution < 1.29 is 0 Å². The Hall–Kier alpha value is -2.37. The van der Waals surface area contributed by atoms with Crippen LogP contribution in [0.3, 0.4) is 0 Å². The number of hydrogen-bond acceptors (Lipinski definition) is 6. The Bertz CT molecular complexity index is 526. The summed E-state index contributed by atoms with van der Waals surface area (Å²) in [6, 6.07) is 9.81. The average molecular weight is 258 g/mol. The molecule has 2 N–H and O–H groups in total. The second-order valence-electron chi connectivity index (χ2n) is 4.20. The Kier molecular flexibility index (Phi) is 4.12. The Labute approximate surface area is 112 Å². The van der Waals surface area contributed by atoms with Gasteiger partial charge in [-0.25, -0.2) is 0 Å². The second kappa shape index (κ2) is 5.99. The van der Waals surface area contributed by atoms with Crippen LogP contribution in [0.25, 0.3) is 0 Å². The van der Waals surface area contributed by atoms with Crippen LogP contribution >= 0.6 is 0 Å². The van der Waals surface area contributed by atoms with Gasteiger partial charge in [-0.2, -0.15) is 15.0 Å². The SMILES string of the molecule is CCNc1nc(Nc2ccccc2)nc(N(C)C)n1. The highest BCUT2D eigenvalue weighted by molar-refractivity contribution is 5.55. The normalized spacial score (nSPS) is 10.1. The van der Waals surface area contributed by atoms with E-state index >= 15 is 0 Å². The monoisotopic (exact) mass is 258 g/mol. The molecule has 19 heavy (non-hydrogen) atoms. The maximum atomic E-state index is 4.36. The molecule has 100 valence electrons. The maximum Gasteiger partial charge on any atom is 0.233 e. The fourth-order valence-electron chi connectivity index (χ4n) is 1.51. The molecule has 0 atom stereocenters. The minimum atomic E-state index is 0.529. The first-order valence-electron chi connectivity index (χ1n) is 6.18. The van der Waals surface area contributed by atoms with Crippen molar-refractivity contribution in [3.8, 4) is 0 Å². The molecule has 0 spiro atoms. The summed E-state index contributed by atoms with van der Waals surface area (Å²) in [5, 5.41) is 6.27. The van der Waals surface area contributed by atoms with Gasteiger partial charge in [-0.15, -0.1) is 0 Å². The van der Waals surface area contributed by atoms with E-state index in [0.29, 0.717) is 17.8 Å². The van der Waals surface area contributed by atoms with Gasteiger partial charge < -0.3 is 15.5 Å². The molecular weight excluding hydrogens is 240 g/mol. The third-order valence-corrected chi connectivity index (χ3v) is 2.39. The quantitative estimate of drug-likeness (QED) is 0.856. The van der Waals surface area contributed by atoms with Gasteiger partial charge in [0, 0.05) is 26.3 Å². The molecule has 0 aliphatic carbocycles. The first-order chi connectivity index (χ1) is 9.19. The van der Waals surface area contributed by atoms with E-state index in [1.165, 1.54) is 0 Å². The van der Waals surface area contributed by atoms with Crippen LogP contribution in [-0.4, -0.2) is 35.6 Å². The first kappa shape index (κ1) is 13.1. The Morgan fingerprint density at radius 1 is 1.00 bits per heavy atom. The second-order valence-corrected chi connectivity index (χ2v) is 4.20. The number of para-hydroxylation sites is 1. The third kappa shape index (κ3) is 3.54. The van der Waals surface area contributed by atoms with Crippen LogP contribution in [0.2, 0.25) is 0 Å². The Morgan fingerprint density at radius 3 is 2.32 bits per heavy atom. The molecule has 0 aliphatic heterocycles. The predicted molar refractivity (Wildman–Crippen MR) is 78.0 cm³/mol. The van der Waals surface area contributed by atoms with E-state index < -0.39 is 0 Å². The van der Waals surface area contributed by atoms with Gasteiger partial charge in [0.25, 0.3) is 0 Å². The zero-order chi connectivity index (χ0) is 13.7. The highest BCUT2D eigenvalue weighted by Gasteiger charge is 2.07. The summed E-state index contributed by atoms with van der Waals surface area (Å²) in [5.41, 5.74) is 0.945. The van der Waals surface area contributed by atoms with Crippen molar-refractivity contribution in [2.24, 2.45) is 0 Å². The van der Waals surface area contributed by atoms with Gasteiger partial charge in [0.2, 0.25) is 17.8 Å². The van der Waals surface area contributed by atoms with Crippen molar-refractivity contribution in [1.29, 1.82) is 0 Å². The molecule has 0 bridgehead atoms. The van der Waals surface area contributed by atoms with E-state index in [9.17, 15) is 0 Å². The van der Waals surface area contributed by atoms with Crippen molar-refractivity contribution in [3.05, 3.63) is 30.3 Å². The van der Waals surface area contributed by atoms with E-state index in [1.54, 1.807) is 0 Å². The number of hydrogen-bond donors (Lipinski definition) is 2. The van der Waals surface area contributed by atoms with Gasteiger partial charge in [0.05, 0.1) is 0 Å². The molecule has 6 nitrogen and oxygen atoms in total. The first-order valence-corrected chi connectivity index (χ1v) is 6.18. The highest BCUT2D eigenvalue weighted by Crippen LogP contribution is 2.16. The standard InChI is InChI=1S/C13H18N6/c1-4-14-11-16-12(18-13(17-11)19(2)3)15-10-8-6-5-7-9-10/h5-9H,4H2,1-3H3,(H2,14,15,16,17,18). The fraction of sp³-hybridized carbons (Fsp3) is 0.308. The number of nitrogens with zero attached hydrogens (tertiary/aromatic N) is 4. The number of aromatic nitrogens is 3. The summed E-state index contributed by atoms with van der Waals surface area (Å²) in [6.45, 7) is 2.77. The van der Waals surface area contributed by atoms with Crippen LogP contribution in [0.1, 0.15) is 6.92 Å². The van der Waals surface area contributed by atoms with E-state index in [2.05, 4.69) is 25.6 Å². The molecule has 0 unspecified atom stereocenters. The van der Waals surface area contributed by atoms with Gasteiger partial charge in [0.1, 0.15) is 0 Å². The van der Waals surface area contributed by atoms with Crippen LogP contribution in [0.15, 0.2) is 30.3 Å². The smallest absolute Gasteiger partial charge is 0.233 e. The molecule has 2 aromatic rings. The lowest BCUT2D eigenvalue weighted by Crippen LogP contribution is -2.16. The van der Waals surface area contributed by atoms with E-state index in [4.69, 9.17) is 0 Å². The molecule has 0 aliphatic rings. The zero-order valence-corrected chi connectivity index (χ0v) is 11.4. The highest BCUT2D eigenvalue weighted by atomic mass is 15.3. The molecule has 1 aromatic carbocycles. The summed E-state index contributed by atoms with van der Waals surface area (Å²) >= 11 is 0. The lowest BCUT2D eigenvalue weighted by atomic mass is 10.3. The van der Waals surface area contributed by atoms with E-state index in [1.807, 2.05) is 56.3 Å². The summed E-state index contributed by atoms with van der Waals surface area (Å²) in [4.78, 5) is 14.9. The number of rotatable bonds is 5. The van der Waals surface area contributed by atoms with Crippen molar-refractivity contribution in [2.45, 2.75) is 6.92 Å². The van der Waals surface area contributed by atoms with Crippen LogP contribution in [0.4, 0.5) is 23.5 Å². The lowest BCUT2D eigenvalue weighted by molar-refractivity contribution is 0.953. The molecule has 0 saturated heterocycles. The molecule has 2 rings (SSSR count). The van der Waals surface area contributed by atoms with E-state index in [0.717, 1.165) is 12.2 Å². The molecular formula is C13H18N6. The molecule has 6 heteroatoms. The number of nitrogens with one attached hydrogen (secondary N) is 2. The average Bonchev–Trinajstić information content (AvgIpc) is 2.40. The molecule has 0 saturated carbocycles. The van der Waals surface area contributed by atoms with Crippen molar-refractivity contribution in [2.75, 3.05) is 36.2 Å². The summed E-state index contributed by atoms with van der Waals surface area (Å²) in [5.74, 6) is 1.71. The van der Waals surface area contributed by atoms with Gasteiger partial charge in [0.15, 0.2) is 0 Å². The summed E-state index contributed by atoms with van der Waals surface area (Å²) in [6.07, 6.45) is 0. The molecule has 1 aromatic heterocycles.